The lowest BCUT2D eigenvalue weighted by Gasteiger charge is -2.22. The van der Waals surface area contributed by atoms with Gasteiger partial charge in [-0.1, -0.05) is 0 Å². The maximum absolute atomic E-state index is 12.3. The number of rotatable bonds is 2. The first-order chi connectivity index (χ1) is 10.2. The zero-order chi connectivity index (χ0) is 14.7. The molecule has 0 bridgehead atoms. The van der Waals surface area contributed by atoms with Crippen LogP contribution in [0.2, 0.25) is 0 Å². The number of nitrogens with zero attached hydrogens (tertiary/aromatic N) is 5. The number of carbonyl (C=O) groups excluding carboxylic acids is 1. The van der Waals surface area contributed by atoms with Crippen LogP contribution in [0.15, 0.2) is 23.0 Å². The first-order valence-electron chi connectivity index (χ1n) is 6.97. The van der Waals surface area contributed by atoms with Crippen LogP contribution in [0.4, 0.5) is 5.82 Å². The minimum absolute atomic E-state index is 0.0214. The summed E-state index contributed by atoms with van der Waals surface area (Å²) in [6, 6.07) is 3.95. The van der Waals surface area contributed by atoms with Crippen molar-refractivity contribution in [2.24, 2.45) is 0 Å². The SMILES string of the molecule is Cc1ccc(N2CCCN(C(=O)c3cscn3)CC2)nn1. The Bertz CT molecular complexity index is 598. The van der Waals surface area contributed by atoms with Gasteiger partial charge in [0.2, 0.25) is 0 Å². The topological polar surface area (TPSA) is 62.2 Å². The monoisotopic (exact) mass is 303 g/mol. The highest BCUT2D eigenvalue weighted by atomic mass is 32.1. The molecule has 1 amide bonds. The van der Waals surface area contributed by atoms with Gasteiger partial charge in [0.05, 0.1) is 11.2 Å². The molecule has 0 aliphatic carbocycles. The van der Waals surface area contributed by atoms with E-state index < -0.39 is 0 Å². The van der Waals surface area contributed by atoms with Gasteiger partial charge in [0, 0.05) is 31.6 Å². The van der Waals surface area contributed by atoms with Crippen molar-refractivity contribution in [1.29, 1.82) is 0 Å². The molecule has 2 aromatic heterocycles. The fourth-order valence-corrected chi connectivity index (χ4v) is 2.92. The van der Waals surface area contributed by atoms with Gasteiger partial charge in [0.25, 0.3) is 5.91 Å². The molecule has 110 valence electrons. The molecule has 1 fully saturated rings. The van der Waals surface area contributed by atoms with Crippen LogP contribution >= 0.6 is 11.3 Å². The molecular formula is C14H17N5OS. The predicted octanol–water partition coefficient (Wildman–Crippen LogP) is 1.59. The Morgan fingerprint density at radius 2 is 2.10 bits per heavy atom. The maximum Gasteiger partial charge on any atom is 0.273 e. The zero-order valence-corrected chi connectivity index (χ0v) is 12.7. The minimum Gasteiger partial charge on any atom is -0.353 e. The van der Waals surface area contributed by atoms with E-state index in [1.54, 1.807) is 10.9 Å². The van der Waals surface area contributed by atoms with Gasteiger partial charge in [-0.3, -0.25) is 4.79 Å². The van der Waals surface area contributed by atoms with E-state index in [4.69, 9.17) is 0 Å². The smallest absolute Gasteiger partial charge is 0.273 e. The van der Waals surface area contributed by atoms with Gasteiger partial charge in [-0.15, -0.1) is 16.4 Å². The van der Waals surface area contributed by atoms with Crippen molar-refractivity contribution >= 4 is 23.1 Å². The molecule has 0 saturated carbocycles. The van der Waals surface area contributed by atoms with Crippen LogP contribution < -0.4 is 4.90 Å². The molecular weight excluding hydrogens is 286 g/mol. The number of amides is 1. The van der Waals surface area contributed by atoms with E-state index in [0.29, 0.717) is 12.2 Å². The largest absolute Gasteiger partial charge is 0.353 e. The number of thiazole rings is 1. The summed E-state index contributed by atoms with van der Waals surface area (Å²) in [5, 5.41) is 10.1. The normalized spacial score (nSPS) is 15.9. The third-order valence-electron chi connectivity index (χ3n) is 3.54. The quantitative estimate of drug-likeness (QED) is 0.843. The summed E-state index contributed by atoms with van der Waals surface area (Å²) in [5.74, 6) is 0.900. The molecule has 7 heteroatoms. The number of carbonyl (C=O) groups is 1. The van der Waals surface area contributed by atoms with E-state index in [1.807, 2.05) is 24.0 Å². The average Bonchev–Trinajstić information content (AvgIpc) is 2.92. The van der Waals surface area contributed by atoms with E-state index in [1.165, 1.54) is 11.3 Å². The Morgan fingerprint density at radius 3 is 2.81 bits per heavy atom. The fraction of sp³-hybridized carbons (Fsp3) is 0.429. The number of aromatic nitrogens is 3. The van der Waals surface area contributed by atoms with Gasteiger partial charge in [-0.25, -0.2) is 4.98 Å². The van der Waals surface area contributed by atoms with Crippen LogP contribution in [-0.2, 0) is 0 Å². The van der Waals surface area contributed by atoms with Crippen molar-refractivity contribution in [3.63, 3.8) is 0 Å². The molecule has 2 aromatic rings. The lowest BCUT2D eigenvalue weighted by molar-refractivity contribution is 0.0762. The van der Waals surface area contributed by atoms with Crippen LogP contribution in [0, 0.1) is 6.92 Å². The molecule has 3 rings (SSSR count). The van der Waals surface area contributed by atoms with Gasteiger partial charge >= 0.3 is 0 Å². The van der Waals surface area contributed by atoms with Crippen molar-refractivity contribution in [3.8, 4) is 0 Å². The van der Waals surface area contributed by atoms with Crippen LogP contribution in [0.25, 0.3) is 0 Å². The minimum atomic E-state index is 0.0214. The molecule has 0 spiro atoms. The highest BCUT2D eigenvalue weighted by Gasteiger charge is 2.22. The standard InChI is InChI=1S/C14H17N5OS/c1-11-3-4-13(17-16-11)18-5-2-6-19(8-7-18)14(20)12-9-21-10-15-12/h3-4,9-10H,2,5-8H2,1H3. The molecule has 0 radical (unpaired) electrons. The Morgan fingerprint density at radius 1 is 1.19 bits per heavy atom. The third kappa shape index (κ3) is 3.18. The average molecular weight is 303 g/mol. The molecule has 1 saturated heterocycles. The fourth-order valence-electron chi connectivity index (χ4n) is 2.39. The summed E-state index contributed by atoms with van der Waals surface area (Å²) in [7, 11) is 0. The van der Waals surface area contributed by atoms with Crippen LogP contribution in [0.1, 0.15) is 22.6 Å². The van der Waals surface area contributed by atoms with Gasteiger partial charge in [0.1, 0.15) is 5.69 Å². The predicted molar refractivity (Wildman–Crippen MR) is 81.6 cm³/mol. The second kappa shape index (κ2) is 6.17. The number of hydrogen-bond acceptors (Lipinski definition) is 6. The zero-order valence-electron chi connectivity index (χ0n) is 11.9. The lowest BCUT2D eigenvalue weighted by Crippen LogP contribution is -2.35. The molecule has 1 aliphatic heterocycles. The second-order valence-corrected chi connectivity index (χ2v) is 5.76. The van der Waals surface area contributed by atoms with Gasteiger partial charge < -0.3 is 9.80 Å². The van der Waals surface area contributed by atoms with Gasteiger partial charge in [-0.05, 0) is 25.5 Å². The summed E-state index contributed by atoms with van der Waals surface area (Å²) in [5.41, 5.74) is 3.15. The van der Waals surface area contributed by atoms with Gasteiger partial charge in [-0.2, -0.15) is 5.10 Å². The maximum atomic E-state index is 12.3. The summed E-state index contributed by atoms with van der Waals surface area (Å²) >= 11 is 1.45. The number of anilines is 1. The Hall–Kier alpha value is -2.02. The summed E-state index contributed by atoms with van der Waals surface area (Å²) < 4.78 is 0. The lowest BCUT2D eigenvalue weighted by atomic mass is 10.3. The van der Waals surface area contributed by atoms with E-state index in [0.717, 1.165) is 37.6 Å². The molecule has 1 aliphatic rings. The third-order valence-corrected chi connectivity index (χ3v) is 4.13. The van der Waals surface area contributed by atoms with E-state index in [9.17, 15) is 4.79 Å². The highest BCUT2D eigenvalue weighted by molar-refractivity contribution is 7.07. The molecule has 6 nitrogen and oxygen atoms in total. The molecule has 0 unspecified atom stereocenters. The molecule has 0 aromatic carbocycles. The van der Waals surface area contributed by atoms with Crippen molar-refractivity contribution < 1.29 is 4.79 Å². The van der Waals surface area contributed by atoms with E-state index >= 15 is 0 Å². The van der Waals surface area contributed by atoms with Crippen molar-refractivity contribution in [3.05, 3.63) is 34.4 Å². The number of aryl methyl sites for hydroxylation is 1. The second-order valence-electron chi connectivity index (χ2n) is 5.04. The molecule has 0 N–H and O–H groups in total. The van der Waals surface area contributed by atoms with E-state index in [-0.39, 0.29) is 5.91 Å². The van der Waals surface area contributed by atoms with Crippen LogP contribution in [0.3, 0.4) is 0 Å². The highest BCUT2D eigenvalue weighted by Crippen LogP contribution is 2.14. The Kier molecular flexibility index (Phi) is 4.10. The van der Waals surface area contributed by atoms with Gasteiger partial charge in [0.15, 0.2) is 5.82 Å². The summed E-state index contributed by atoms with van der Waals surface area (Å²) in [6.07, 6.45) is 0.922. The molecule has 3 heterocycles. The summed E-state index contributed by atoms with van der Waals surface area (Å²) in [6.45, 7) is 5.03. The summed E-state index contributed by atoms with van der Waals surface area (Å²) in [4.78, 5) is 20.5. The van der Waals surface area contributed by atoms with Crippen molar-refractivity contribution in [1.82, 2.24) is 20.1 Å². The van der Waals surface area contributed by atoms with Crippen molar-refractivity contribution in [2.75, 3.05) is 31.1 Å². The Balaban J connectivity index is 1.66. The van der Waals surface area contributed by atoms with E-state index in [2.05, 4.69) is 20.1 Å². The first-order valence-corrected chi connectivity index (χ1v) is 7.91. The first kappa shape index (κ1) is 13.9. The van der Waals surface area contributed by atoms with Crippen molar-refractivity contribution in [2.45, 2.75) is 13.3 Å². The van der Waals surface area contributed by atoms with Crippen LogP contribution in [0.5, 0.6) is 0 Å². The van der Waals surface area contributed by atoms with Crippen LogP contribution in [-0.4, -0.2) is 52.2 Å². The Labute approximate surface area is 127 Å². The molecule has 0 atom stereocenters. The molecule has 21 heavy (non-hydrogen) atoms. The number of hydrogen-bond donors (Lipinski definition) is 0.